The number of halogens is 1. The number of hydrogen-bond acceptors (Lipinski definition) is 6. The van der Waals surface area contributed by atoms with Crippen LogP contribution in [0.15, 0.2) is 52.9 Å². The molecule has 1 amide bonds. The minimum Gasteiger partial charge on any atom is -0.330 e. The van der Waals surface area contributed by atoms with E-state index >= 15 is 0 Å². The molecule has 0 bridgehead atoms. The fourth-order valence-electron chi connectivity index (χ4n) is 2.08. The second kappa shape index (κ2) is 8.29. The number of carbonyl (C=O) groups is 1. The number of carbonyl (C=O) groups excluding carboxylic acids is 1. The third-order valence-corrected chi connectivity index (χ3v) is 5.47. The average Bonchev–Trinajstić information content (AvgIpc) is 3.03. The van der Waals surface area contributed by atoms with Gasteiger partial charge in [0.2, 0.25) is 11.0 Å². The molecule has 1 aromatic heterocycles. The Labute approximate surface area is 159 Å². The highest BCUT2D eigenvalue weighted by Crippen LogP contribution is 2.31. The Kier molecular flexibility index (Phi) is 5.85. The van der Waals surface area contributed by atoms with Gasteiger partial charge in [-0.1, -0.05) is 46.9 Å². The summed E-state index contributed by atoms with van der Waals surface area (Å²) in [4.78, 5) is 12.3. The van der Waals surface area contributed by atoms with E-state index in [1.54, 1.807) is 12.1 Å². The van der Waals surface area contributed by atoms with E-state index in [9.17, 15) is 9.18 Å². The van der Waals surface area contributed by atoms with E-state index in [2.05, 4.69) is 20.8 Å². The number of nitrogens with zero attached hydrogens (tertiary/aromatic N) is 2. The monoisotopic (exact) mass is 388 g/mol. The number of hydrogen-bond donors (Lipinski definition) is 2. The maximum Gasteiger partial charge on any atom is 0.237 e. The molecule has 0 saturated heterocycles. The highest BCUT2D eigenvalue weighted by molar-refractivity contribution is 8.02. The first-order valence-electron chi connectivity index (χ1n) is 7.90. The Hall–Kier alpha value is -2.45. The van der Waals surface area contributed by atoms with E-state index in [0.29, 0.717) is 15.2 Å². The van der Waals surface area contributed by atoms with Gasteiger partial charge >= 0.3 is 0 Å². The minimum absolute atomic E-state index is 0.103. The molecule has 1 atom stereocenters. The van der Waals surface area contributed by atoms with E-state index in [1.165, 1.54) is 35.2 Å². The Morgan fingerprint density at radius 3 is 2.65 bits per heavy atom. The Bertz CT molecular complexity index is 898. The molecule has 5 nitrogen and oxygen atoms in total. The summed E-state index contributed by atoms with van der Waals surface area (Å²) in [6.45, 7) is 3.81. The molecule has 0 saturated carbocycles. The lowest BCUT2D eigenvalue weighted by Gasteiger charge is -2.10. The lowest BCUT2D eigenvalue weighted by Crippen LogP contribution is -2.22. The summed E-state index contributed by atoms with van der Waals surface area (Å²) >= 11 is 2.64. The molecular formula is C18H17FN4OS2. The van der Waals surface area contributed by atoms with Gasteiger partial charge in [-0.3, -0.25) is 4.79 Å². The van der Waals surface area contributed by atoms with Crippen LogP contribution in [0.1, 0.15) is 12.5 Å². The van der Waals surface area contributed by atoms with Gasteiger partial charge in [0.25, 0.3) is 0 Å². The van der Waals surface area contributed by atoms with Crippen LogP contribution >= 0.6 is 23.1 Å². The first-order chi connectivity index (χ1) is 12.5. The van der Waals surface area contributed by atoms with Gasteiger partial charge in [0.15, 0.2) is 4.34 Å². The van der Waals surface area contributed by atoms with E-state index < -0.39 is 0 Å². The molecule has 2 N–H and O–H groups in total. The fourth-order valence-corrected chi connectivity index (χ4v) is 4.00. The zero-order chi connectivity index (χ0) is 18.5. The molecule has 2 aromatic carbocycles. The molecule has 0 aliphatic rings. The van der Waals surface area contributed by atoms with Crippen LogP contribution in [-0.2, 0) is 4.79 Å². The Morgan fingerprint density at radius 1 is 1.15 bits per heavy atom. The van der Waals surface area contributed by atoms with Crippen LogP contribution in [0, 0.1) is 12.7 Å². The van der Waals surface area contributed by atoms with E-state index in [1.807, 2.05) is 38.1 Å². The summed E-state index contributed by atoms with van der Waals surface area (Å²) in [5, 5.41) is 14.2. The highest BCUT2D eigenvalue weighted by atomic mass is 32.2. The second-order valence-electron chi connectivity index (χ2n) is 5.62. The summed E-state index contributed by atoms with van der Waals surface area (Å²) in [6, 6.07) is 13.8. The van der Waals surface area contributed by atoms with Crippen LogP contribution < -0.4 is 10.6 Å². The topological polar surface area (TPSA) is 66.9 Å². The fraction of sp³-hybridized carbons (Fsp3) is 0.167. The van der Waals surface area contributed by atoms with Crippen LogP contribution in [0.2, 0.25) is 0 Å². The predicted molar refractivity (Wildman–Crippen MR) is 105 cm³/mol. The van der Waals surface area contributed by atoms with Crippen molar-refractivity contribution in [1.82, 2.24) is 10.2 Å². The normalized spacial score (nSPS) is 11.8. The molecule has 26 heavy (non-hydrogen) atoms. The van der Waals surface area contributed by atoms with Crippen molar-refractivity contribution < 1.29 is 9.18 Å². The minimum atomic E-state index is -0.328. The standard InChI is InChI=1S/C18H17FN4OS2/c1-11-6-8-14(9-7-11)20-16(24)12(2)25-18-23-22-17(26-18)21-15-5-3-4-13(19)10-15/h3-10,12H,1-2H3,(H,20,24)(H,21,22)/t12-/m1/s1. The first-order valence-corrected chi connectivity index (χ1v) is 9.59. The Morgan fingerprint density at radius 2 is 1.92 bits per heavy atom. The third kappa shape index (κ3) is 5.03. The van der Waals surface area contributed by atoms with Gasteiger partial charge in [0.1, 0.15) is 5.82 Å². The maximum atomic E-state index is 13.2. The number of amides is 1. The lowest BCUT2D eigenvalue weighted by atomic mass is 10.2. The van der Waals surface area contributed by atoms with Crippen LogP contribution in [0.5, 0.6) is 0 Å². The van der Waals surface area contributed by atoms with Gasteiger partial charge in [-0.2, -0.15) is 0 Å². The number of aromatic nitrogens is 2. The highest BCUT2D eigenvalue weighted by Gasteiger charge is 2.17. The summed E-state index contributed by atoms with van der Waals surface area (Å²) in [5.41, 5.74) is 2.50. The lowest BCUT2D eigenvalue weighted by molar-refractivity contribution is -0.115. The smallest absolute Gasteiger partial charge is 0.237 e. The van der Waals surface area contributed by atoms with Crippen molar-refractivity contribution in [1.29, 1.82) is 0 Å². The van der Waals surface area contributed by atoms with Gasteiger partial charge in [0.05, 0.1) is 5.25 Å². The quantitative estimate of drug-likeness (QED) is 0.591. The maximum absolute atomic E-state index is 13.2. The van der Waals surface area contributed by atoms with Crippen molar-refractivity contribution in [3.63, 3.8) is 0 Å². The van der Waals surface area contributed by atoms with Crippen molar-refractivity contribution in [3.05, 3.63) is 59.9 Å². The third-order valence-electron chi connectivity index (χ3n) is 3.45. The van der Waals surface area contributed by atoms with Crippen LogP contribution in [0.3, 0.4) is 0 Å². The van der Waals surface area contributed by atoms with Crippen LogP contribution in [0.25, 0.3) is 0 Å². The number of nitrogens with one attached hydrogen (secondary N) is 2. The largest absolute Gasteiger partial charge is 0.330 e. The van der Waals surface area contributed by atoms with Gasteiger partial charge in [-0.25, -0.2) is 4.39 Å². The summed E-state index contributed by atoms with van der Waals surface area (Å²) in [5.74, 6) is -0.427. The van der Waals surface area contributed by atoms with Crippen LogP contribution in [-0.4, -0.2) is 21.4 Å². The molecule has 3 rings (SSSR count). The molecule has 0 unspecified atom stereocenters. The molecule has 8 heteroatoms. The Balaban J connectivity index is 1.57. The molecule has 0 aliphatic heterocycles. The summed E-state index contributed by atoms with van der Waals surface area (Å²) in [7, 11) is 0. The van der Waals surface area contributed by atoms with Crippen molar-refractivity contribution in [2.24, 2.45) is 0 Å². The molecule has 134 valence electrons. The number of rotatable bonds is 6. The summed E-state index contributed by atoms with van der Waals surface area (Å²) < 4.78 is 13.9. The molecule has 0 spiro atoms. The van der Waals surface area contributed by atoms with Gasteiger partial charge in [-0.15, -0.1) is 10.2 Å². The van der Waals surface area contributed by atoms with E-state index in [-0.39, 0.29) is 17.0 Å². The molecule has 1 heterocycles. The molecule has 0 aliphatic carbocycles. The van der Waals surface area contributed by atoms with E-state index in [0.717, 1.165) is 11.3 Å². The van der Waals surface area contributed by atoms with Crippen molar-refractivity contribution in [3.8, 4) is 0 Å². The van der Waals surface area contributed by atoms with Crippen molar-refractivity contribution >= 4 is 45.5 Å². The summed E-state index contributed by atoms with van der Waals surface area (Å²) in [6.07, 6.45) is 0. The van der Waals surface area contributed by atoms with Crippen molar-refractivity contribution in [2.75, 3.05) is 10.6 Å². The zero-order valence-electron chi connectivity index (χ0n) is 14.2. The SMILES string of the molecule is Cc1ccc(NC(=O)[C@@H](C)Sc2nnc(Nc3cccc(F)c3)s2)cc1. The second-order valence-corrected chi connectivity index (χ2v) is 8.19. The number of thioether (sulfide) groups is 1. The molecule has 3 aromatic rings. The number of benzene rings is 2. The number of anilines is 3. The average molecular weight is 388 g/mol. The first kappa shape index (κ1) is 18.3. The van der Waals surface area contributed by atoms with Crippen LogP contribution in [0.4, 0.5) is 20.9 Å². The zero-order valence-corrected chi connectivity index (χ0v) is 15.8. The van der Waals surface area contributed by atoms with Gasteiger partial charge in [0, 0.05) is 11.4 Å². The van der Waals surface area contributed by atoms with Gasteiger partial charge < -0.3 is 10.6 Å². The molecular weight excluding hydrogens is 371 g/mol. The molecule has 0 fully saturated rings. The predicted octanol–water partition coefficient (Wildman–Crippen LogP) is 4.85. The van der Waals surface area contributed by atoms with E-state index in [4.69, 9.17) is 0 Å². The van der Waals surface area contributed by atoms with Gasteiger partial charge in [-0.05, 0) is 44.2 Å². The van der Waals surface area contributed by atoms with Crippen molar-refractivity contribution in [2.45, 2.75) is 23.4 Å². The molecule has 0 radical (unpaired) electrons. The number of aryl methyl sites for hydroxylation is 1.